The fraction of sp³-hybridized carbons (Fsp3) is 0.452. The highest BCUT2D eigenvalue weighted by molar-refractivity contribution is 9.10. The van der Waals surface area contributed by atoms with Crippen molar-refractivity contribution in [3.63, 3.8) is 0 Å². The molecule has 1 aliphatic rings. The van der Waals surface area contributed by atoms with Gasteiger partial charge in [-0.25, -0.2) is 9.36 Å². The number of carbonyl (C=O) groups is 1. The van der Waals surface area contributed by atoms with Crippen molar-refractivity contribution in [3.8, 4) is 0 Å². The van der Waals surface area contributed by atoms with Crippen molar-refractivity contribution < 1.29 is 32.4 Å². The van der Waals surface area contributed by atoms with Gasteiger partial charge in [-0.15, -0.1) is 0 Å². The molecule has 45 heavy (non-hydrogen) atoms. The third-order valence-electron chi connectivity index (χ3n) is 7.22. The number of anilines is 1. The van der Waals surface area contributed by atoms with Crippen LogP contribution in [0.15, 0.2) is 76.1 Å². The van der Waals surface area contributed by atoms with E-state index in [1.165, 1.54) is 16.8 Å². The Labute approximate surface area is 275 Å². The lowest BCUT2D eigenvalue weighted by Crippen LogP contribution is -2.51. The first-order valence-electron chi connectivity index (χ1n) is 14.6. The predicted molar refractivity (Wildman–Crippen MR) is 177 cm³/mol. The highest BCUT2D eigenvalue weighted by Crippen LogP contribution is 2.55. The second-order valence-corrected chi connectivity index (χ2v) is 14.5. The number of ether oxygens (including phenoxy) is 2. The Kier molecular flexibility index (Phi) is 12.2. The van der Waals surface area contributed by atoms with Crippen molar-refractivity contribution in [1.82, 2.24) is 9.55 Å². The summed E-state index contributed by atoms with van der Waals surface area (Å²) in [6.07, 6.45) is -0.817. The van der Waals surface area contributed by atoms with E-state index >= 15 is 0 Å². The molecular formula is C31H39BrN3O8PS. The summed E-state index contributed by atoms with van der Waals surface area (Å²) in [4.78, 5) is 31.2. The standard InChI is InChI=1S/C31H39BrN3O8PS/c1-5-40-44(38,41-6-2)43-25-18-27(35-17-16-26(33)34-29(35)37)42-31(25,20-39-19-22-12-8-7-9-13-22)28(36)45-21-30(3,4)23-14-10-11-15-24(23)32/h7-17,25,27H,5-6,18-21H2,1-4H3,(H2,33,34,37)/t25-,27+,31+/m0/s1. The highest BCUT2D eigenvalue weighted by atomic mass is 79.9. The molecule has 0 spiro atoms. The molecule has 244 valence electrons. The molecule has 1 saturated heterocycles. The Bertz CT molecular complexity index is 1550. The summed E-state index contributed by atoms with van der Waals surface area (Å²) in [5.41, 5.74) is 4.70. The normalized spacial score (nSPS) is 20.4. The van der Waals surface area contributed by atoms with E-state index in [9.17, 15) is 14.2 Å². The molecular weight excluding hydrogens is 685 g/mol. The zero-order valence-electron chi connectivity index (χ0n) is 25.7. The number of carbonyl (C=O) groups excluding carboxylic acids is 1. The third kappa shape index (κ3) is 8.72. The fourth-order valence-corrected chi connectivity index (χ4v) is 8.32. The summed E-state index contributed by atoms with van der Waals surface area (Å²) in [5, 5.41) is -0.417. The van der Waals surface area contributed by atoms with E-state index < -0.39 is 42.0 Å². The number of hydrogen-bond acceptors (Lipinski definition) is 11. The summed E-state index contributed by atoms with van der Waals surface area (Å²) >= 11 is 4.68. The quantitative estimate of drug-likeness (QED) is 0.178. The van der Waals surface area contributed by atoms with Crippen LogP contribution in [0.3, 0.4) is 0 Å². The molecule has 14 heteroatoms. The van der Waals surface area contributed by atoms with Crippen LogP contribution >= 0.6 is 35.5 Å². The second-order valence-electron chi connectivity index (χ2n) is 11.0. The van der Waals surface area contributed by atoms with Crippen molar-refractivity contribution in [2.45, 2.75) is 64.1 Å². The predicted octanol–water partition coefficient (Wildman–Crippen LogP) is 6.27. The van der Waals surface area contributed by atoms with Gasteiger partial charge in [0.25, 0.3) is 0 Å². The number of phosphoric acid groups is 1. The van der Waals surface area contributed by atoms with Gasteiger partial charge in [0, 0.05) is 28.3 Å². The Morgan fingerprint density at radius 2 is 1.80 bits per heavy atom. The van der Waals surface area contributed by atoms with E-state index in [-0.39, 0.29) is 38.7 Å². The average Bonchev–Trinajstić information content (AvgIpc) is 3.34. The summed E-state index contributed by atoms with van der Waals surface area (Å²) in [7, 11) is -4.15. The van der Waals surface area contributed by atoms with Crippen LogP contribution in [-0.4, -0.2) is 51.9 Å². The molecule has 11 nitrogen and oxygen atoms in total. The maximum atomic E-state index is 14.5. The molecule has 1 aliphatic heterocycles. The smallest absolute Gasteiger partial charge is 0.383 e. The molecule has 2 aromatic carbocycles. The van der Waals surface area contributed by atoms with Crippen LogP contribution in [0.2, 0.25) is 0 Å². The van der Waals surface area contributed by atoms with E-state index in [0.29, 0.717) is 5.75 Å². The fourth-order valence-electron chi connectivity index (χ4n) is 4.97. The van der Waals surface area contributed by atoms with E-state index in [2.05, 4.69) is 20.9 Å². The number of thioether (sulfide) groups is 1. The van der Waals surface area contributed by atoms with Crippen LogP contribution in [-0.2, 0) is 44.4 Å². The molecule has 2 N–H and O–H groups in total. The van der Waals surface area contributed by atoms with Crippen LogP contribution < -0.4 is 11.4 Å². The van der Waals surface area contributed by atoms with E-state index in [1.807, 2.05) is 68.4 Å². The molecule has 4 rings (SSSR count). The molecule has 0 bridgehead atoms. The Balaban J connectivity index is 1.73. The largest absolute Gasteiger partial charge is 0.475 e. The summed E-state index contributed by atoms with van der Waals surface area (Å²) in [6.45, 7) is 7.37. The third-order valence-corrected chi connectivity index (χ3v) is 11.0. The molecule has 0 saturated carbocycles. The van der Waals surface area contributed by atoms with Crippen LogP contribution in [0.25, 0.3) is 0 Å². The number of benzene rings is 2. The summed E-state index contributed by atoms with van der Waals surface area (Å²) < 4.78 is 45.4. The first kappa shape index (κ1) is 35.5. The van der Waals surface area contributed by atoms with Crippen LogP contribution in [0.5, 0.6) is 0 Å². The number of hydrogen-bond donors (Lipinski definition) is 1. The molecule has 0 amide bonds. The first-order chi connectivity index (χ1) is 21.4. The minimum Gasteiger partial charge on any atom is -0.383 e. The number of rotatable bonds is 15. The van der Waals surface area contributed by atoms with Crippen LogP contribution in [0, 0.1) is 0 Å². The minimum atomic E-state index is -4.15. The SMILES string of the molecule is CCOP(=O)(OCC)O[C@H]1C[C@H](n2ccc(N)nc2=O)O[C@@]1(COCc1ccccc1)C(=O)SCC(C)(C)c1ccccc1Br. The van der Waals surface area contributed by atoms with E-state index in [0.717, 1.165) is 27.4 Å². The van der Waals surface area contributed by atoms with E-state index in [4.69, 9.17) is 28.8 Å². The molecule has 1 aromatic heterocycles. The molecule has 1 fully saturated rings. The van der Waals surface area contributed by atoms with Crippen LogP contribution in [0.1, 0.15) is 51.5 Å². The average molecular weight is 725 g/mol. The Morgan fingerprint density at radius 1 is 1.13 bits per heavy atom. The second kappa shape index (κ2) is 15.5. The molecule has 3 atom stereocenters. The van der Waals surface area contributed by atoms with Gasteiger partial charge >= 0.3 is 13.5 Å². The molecule has 0 radical (unpaired) electrons. The van der Waals surface area contributed by atoms with E-state index in [1.54, 1.807) is 13.8 Å². The van der Waals surface area contributed by atoms with Gasteiger partial charge < -0.3 is 15.2 Å². The Hall–Kier alpha value is -2.35. The van der Waals surface area contributed by atoms with Gasteiger partial charge in [-0.3, -0.25) is 22.9 Å². The van der Waals surface area contributed by atoms with Crippen molar-refractivity contribution in [2.75, 3.05) is 31.3 Å². The van der Waals surface area contributed by atoms with Gasteiger partial charge in [0.1, 0.15) is 18.1 Å². The van der Waals surface area contributed by atoms with Gasteiger partial charge in [-0.05, 0) is 37.1 Å². The Morgan fingerprint density at radius 3 is 2.44 bits per heavy atom. The summed E-state index contributed by atoms with van der Waals surface area (Å²) in [6, 6.07) is 18.7. The maximum Gasteiger partial charge on any atom is 0.475 e. The van der Waals surface area contributed by atoms with Crippen LogP contribution in [0.4, 0.5) is 5.82 Å². The molecule has 0 aliphatic carbocycles. The number of nitrogen functional groups attached to an aromatic ring is 1. The topological polar surface area (TPSA) is 141 Å². The van der Waals surface area contributed by atoms with Crippen molar-refractivity contribution in [2.24, 2.45) is 0 Å². The maximum absolute atomic E-state index is 14.5. The van der Waals surface area contributed by atoms with Gasteiger partial charge in [0.05, 0.1) is 26.4 Å². The lowest BCUT2D eigenvalue weighted by atomic mass is 9.87. The molecule has 0 unspecified atom stereocenters. The number of aromatic nitrogens is 2. The number of nitrogens with zero attached hydrogens (tertiary/aromatic N) is 2. The zero-order valence-corrected chi connectivity index (χ0v) is 29.0. The van der Waals surface area contributed by atoms with Crippen molar-refractivity contribution >= 4 is 46.4 Å². The molecule has 2 heterocycles. The van der Waals surface area contributed by atoms with Gasteiger partial charge in [0.15, 0.2) is 5.60 Å². The zero-order chi connectivity index (χ0) is 32.7. The summed E-state index contributed by atoms with van der Waals surface area (Å²) in [5.74, 6) is 0.408. The lowest BCUT2D eigenvalue weighted by Gasteiger charge is -2.34. The van der Waals surface area contributed by atoms with Crippen molar-refractivity contribution in [1.29, 1.82) is 0 Å². The van der Waals surface area contributed by atoms with Crippen molar-refractivity contribution in [3.05, 3.63) is 92.9 Å². The van der Waals surface area contributed by atoms with Gasteiger partial charge in [0.2, 0.25) is 5.12 Å². The minimum absolute atomic E-state index is 0.0377. The number of nitrogens with two attached hydrogens (primary N) is 1. The number of halogens is 1. The first-order valence-corrected chi connectivity index (χ1v) is 17.8. The molecule has 3 aromatic rings. The number of phosphoric ester groups is 1. The van der Waals surface area contributed by atoms with Gasteiger partial charge in [-0.2, -0.15) is 4.98 Å². The monoisotopic (exact) mass is 723 g/mol. The van der Waals surface area contributed by atoms with Gasteiger partial charge in [-0.1, -0.05) is 90.1 Å². The highest BCUT2D eigenvalue weighted by Gasteiger charge is 2.58. The lowest BCUT2D eigenvalue weighted by molar-refractivity contribution is -0.161.